The number of rotatable bonds is 6. The van der Waals surface area contributed by atoms with Crippen LogP contribution in [0.4, 0.5) is 14.3 Å². The van der Waals surface area contributed by atoms with Gasteiger partial charge in [0.05, 0.1) is 6.10 Å². The highest BCUT2D eigenvalue weighted by Crippen LogP contribution is 2.24. The molecule has 2 amide bonds. The minimum absolute atomic E-state index is 0.0582. The zero-order chi connectivity index (χ0) is 18.6. The maximum atomic E-state index is 13.9. The summed E-state index contributed by atoms with van der Waals surface area (Å²) in [5, 5.41) is 13.0. The van der Waals surface area contributed by atoms with Crippen molar-refractivity contribution < 1.29 is 14.3 Å². The summed E-state index contributed by atoms with van der Waals surface area (Å²) in [5.41, 5.74) is 0.517. The Bertz CT molecular complexity index is 736. The first-order valence-corrected chi connectivity index (χ1v) is 9.10. The van der Waals surface area contributed by atoms with Gasteiger partial charge in [0.15, 0.2) is 5.13 Å². The Labute approximate surface area is 155 Å². The fourth-order valence-corrected chi connectivity index (χ4v) is 3.26. The molecule has 0 bridgehead atoms. The number of aromatic nitrogens is 1. The lowest BCUT2D eigenvalue weighted by molar-refractivity contribution is 0.125. The lowest BCUT2D eigenvalue weighted by Gasteiger charge is -2.27. The SMILES string of the molecule is CC(O)CN(C(=O)Nc1ncc(Cc2ccc(Cl)cc2F)s1)C(C)C. The van der Waals surface area contributed by atoms with E-state index in [0.29, 0.717) is 22.1 Å². The molecule has 136 valence electrons. The fraction of sp³-hybridized carbons (Fsp3) is 0.412. The third-order valence-electron chi connectivity index (χ3n) is 3.49. The summed E-state index contributed by atoms with van der Waals surface area (Å²) in [6.45, 7) is 5.61. The molecule has 25 heavy (non-hydrogen) atoms. The second kappa shape index (κ2) is 8.60. The van der Waals surface area contributed by atoms with E-state index < -0.39 is 6.10 Å². The Morgan fingerprint density at radius 1 is 1.44 bits per heavy atom. The van der Waals surface area contributed by atoms with Crippen LogP contribution in [0.1, 0.15) is 31.2 Å². The van der Waals surface area contributed by atoms with Crippen LogP contribution in [0, 0.1) is 5.82 Å². The monoisotopic (exact) mass is 385 g/mol. The number of benzene rings is 1. The van der Waals surface area contributed by atoms with Gasteiger partial charge in [-0.05, 0) is 38.5 Å². The van der Waals surface area contributed by atoms with Crippen LogP contribution in [-0.2, 0) is 6.42 Å². The Morgan fingerprint density at radius 3 is 2.76 bits per heavy atom. The van der Waals surface area contributed by atoms with Gasteiger partial charge in [0.1, 0.15) is 5.82 Å². The number of aliphatic hydroxyl groups excluding tert-OH is 1. The molecule has 1 aromatic carbocycles. The first-order chi connectivity index (χ1) is 11.8. The van der Waals surface area contributed by atoms with E-state index in [2.05, 4.69) is 10.3 Å². The summed E-state index contributed by atoms with van der Waals surface area (Å²) in [4.78, 5) is 18.9. The van der Waals surface area contributed by atoms with E-state index in [1.54, 1.807) is 25.3 Å². The average molecular weight is 386 g/mol. The number of thiazole rings is 1. The summed E-state index contributed by atoms with van der Waals surface area (Å²) in [7, 11) is 0. The zero-order valence-corrected chi connectivity index (χ0v) is 15.9. The van der Waals surface area contributed by atoms with Crippen LogP contribution in [0.2, 0.25) is 5.02 Å². The van der Waals surface area contributed by atoms with Gasteiger partial charge < -0.3 is 10.0 Å². The molecule has 1 heterocycles. The fourth-order valence-electron chi connectivity index (χ4n) is 2.28. The summed E-state index contributed by atoms with van der Waals surface area (Å²) in [6.07, 6.45) is 1.37. The van der Waals surface area contributed by atoms with Gasteiger partial charge in [-0.25, -0.2) is 14.2 Å². The van der Waals surface area contributed by atoms with Crippen molar-refractivity contribution in [3.8, 4) is 0 Å². The van der Waals surface area contributed by atoms with Gasteiger partial charge >= 0.3 is 6.03 Å². The van der Waals surface area contributed by atoms with Crippen molar-refractivity contribution in [3.63, 3.8) is 0 Å². The van der Waals surface area contributed by atoms with Crippen LogP contribution in [0.5, 0.6) is 0 Å². The van der Waals surface area contributed by atoms with Crippen molar-refractivity contribution in [2.45, 2.75) is 39.3 Å². The first-order valence-electron chi connectivity index (χ1n) is 7.90. The predicted molar refractivity (Wildman–Crippen MR) is 98.9 cm³/mol. The van der Waals surface area contributed by atoms with Gasteiger partial charge in [-0.1, -0.05) is 17.7 Å². The van der Waals surface area contributed by atoms with Crippen molar-refractivity contribution in [1.82, 2.24) is 9.88 Å². The molecule has 0 fully saturated rings. The van der Waals surface area contributed by atoms with Crippen LogP contribution in [0.3, 0.4) is 0 Å². The molecule has 1 unspecified atom stereocenters. The van der Waals surface area contributed by atoms with E-state index >= 15 is 0 Å². The zero-order valence-electron chi connectivity index (χ0n) is 14.3. The number of amides is 2. The highest BCUT2D eigenvalue weighted by atomic mass is 35.5. The third-order valence-corrected chi connectivity index (χ3v) is 4.64. The van der Waals surface area contributed by atoms with Gasteiger partial charge in [0, 0.05) is 35.1 Å². The van der Waals surface area contributed by atoms with Crippen molar-refractivity contribution in [1.29, 1.82) is 0 Å². The molecule has 0 saturated carbocycles. The van der Waals surface area contributed by atoms with Crippen molar-refractivity contribution in [2.24, 2.45) is 0 Å². The lowest BCUT2D eigenvalue weighted by atomic mass is 10.1. The quantitative estimate of drug-likeness (QED) is 0.785. The van der Waals surface area contributed by atoms with E-state index in [1.165, 1.54) is 22.3 Å². The molecule has 0 aliphatic rings. The van der Waals surface area contributed by atoms with Crippen LogP contribution in [0.25, 0.3) is 0 Å². The number of hydrogen-bond acceptors (Lipinski definition) is 4. The number of aliphatic hydroxyl groups is 1. The first kappa shape index (κ1) is 19.6. The number of anilines is 1. The van der Waals surface area contributed by atoms with E-state index in [-0.39, 0.29) is 24.4 Å². The average Bonchev–Trinajstić information content (AvgIpc) is 2.94. The summed E-state index contributed by atoms with van der Waals surface area (Å²) in [6, 6.07) is 4.17. The Hall–Kier alpha value is -1.70. The van der Waals surface area contributed by atoms with Crippen LogP contribution < -0.4 is 5.32 Å². The van der Waals surface area contributed by atoms with Crippen LogP contribution in [0.15, 0.2) is 24.4 Å². The maximum Gasteiger partial charge on any atom is 0.323 e. The number of hydrogen-bond donors (Lipinski definition) is 2. The lowest BCUT2D eigenvalue weighted by Crippen LogP contribution is -2.43. The molecule has 5 nitrogen and oxygen atoms in total. The number of nitrogens with zero attached hydrogens (tertiary/aromatic N) is 2. The predicted octanol–water partition coefficient (Wildman–Crippen LogP) is 4.15. The number of nitrogens with one attached hydrogen (secondary N) is 1. The molecule has 0 aliphatic heterocycles. The molecule has 0 spiro atoms. The molecule has 2 aromatic rings. The smallest absolute Gasteiger partial charge is 0.323 e. The highest BCUT2D eigenvalue weighted by Gasteiger charge is 2.20. The third kappa shape index (κ3) is 5.66. The van der Waals surface area contributed by atoms with Crippen molar-refractivity contribution in [2.75, 3.05) is 11.9 Å². The van der Waals surface area contributed by atoms with Crippen LogP contribution >= 0.6 is 22.9 Å². The molecule has 1 aromatic heterocycles. The topological polar surface area (TPSA) is 65.5 Å². The minimum atomic E-state index is -0.618. The van der Waals surface area contributed by atoms with Gasteiger partial charge in [-0.2, -0.15) is 0 Å². The Morgan fingerprint density at radius 2 is 2.16 bits per heavy atom. The normalized spacial score (nSPS) is 12.3. The van der Waals surface area contributed by atoms with Crippen molar-refractivity contribution in [3.05, 3.63) is 45.7 Å². The largest absolute Gasteiger partial charge is 0.392 e. The van der Waals surface area contributed by atoms with E-state index in [9.17, 15) is 14.3 Å². The number of urea groups is 1. The van der Waals surface area contributed by atoms with Gasteiger partial charge in [0.2, 0.25) is 0 Å². The Kier molecular flexibility index (Phi) is 6.75. The number of halogens is 2. The van der Waals surface area contributed by atoms with E-state index in [4.69, 9.17) is 11.6 Å². The second-order valence-electron chi connectivity index (χ2n) is 6.07. The molecule has 0 saturated heterocycles. The molecular weight excluding hydrogens is 365 g/mol. The highest BCUT2D eigenvalue weighted by molar-refractivity contribution is 7.15. The molecule has 8 heteroatoms. The standard InChI is InChI=1S/C17H21ClFN3O2S/c1-10(2)22(9-11(3)23)17(24)21-16-20-8-14(25-16)6-12-4-5-13(18)7-15(12)19/h4-5,7-8,10-11,23H,6,9H2,1-3H3,(H,20,21,24). The Balaban J connectivity index is 2.04. The molecule has 0 aliphatic carbocycles. The summed E-state index contributed by atoms with van der Waals surface area (Å²) >= 11 is 7.04. The maximum absolute atomic E-state index is 13.9. The van der Waals surface area contributed by atoms with E-state index in [1.807, 2.05) is 13.8 Å². The number of carbonyl (C=O) groups excluding carboxylic acids is 1. The summed E-state index contributed by atoms with van der Waals surface area (Å²) < 4.78 is 13.9. The van der Waals surface area contributed by atoms with Gasteiger partial charge in [-0.3, -0.25) is 5.32 Å². The molecule has 1 atom stereocenters. The second-order valence-corrected chi connectivity index (χ2v) is 7.62. The number of carbonyl (C=O) groups is 1. The molecule has 2 rings (SSSR count). The molecular formula is C17H21ClFN3O2S. The minimum Gasteiger partial charge on any atom is -0.392 e. The van der Waals surface area contributed by atoms with Crippen LogP contribution in [-0.4, -0.2) is 39.7 Å². The summed E-state index contributed by atoms with van der Waals surface area (Å²) in [5.74, 6) is -0.366. The van der Waals surface area contributed by atoms with Gasteiger partial charge in [0.25, 0.3) is 0 Å². The molecule has 0 radical (unpaired) electrons. The van der Waals surface area contributed by atoms with E-state index in [0.717, 1.165) is 4.88 Å². The van der Waals surface area contributed by atoms with Gasteiger partial charge in [-0.15, -0.1) is 11.3 Å². The molecule has 2 N–H and O–H groups in total. The van der Waals surface area contributed by atoms with Crippen molar-refractivity contribution >= 4 is 34.1 Å².